The summed E-state index contributed by atoms with van der Waals surface area (Å²) in [5.41, 5.74) is 0.612. The quantitative estimate of drug-likeness (QED) is 0.892. The summed E-state index contributed by atoms with van der Waals surface area (Å²) in [6.07, 6.45) is -4.84. The first-order valence-electron chi connectivity index (χ1n) is 4.44. The summed E-state index contributed by atoms with van der Waals surface area (Å²) in [4.78, 5) is 10.7. The van der Waals surface area contributed by atoms with Crippen LogP contribution in [0.2, 0.25) is 0 Å². The zero-order valence-electron chi connectivity index (χ0n) is 8.31. The number of rotatable bonds is 2. The third-order valence-electron chi connectivity index (χ3n) is 1.98. The molecule has 0 spiro atoms. The number of hydrogen-bond donors (Lipinski definition) is 1. The molecule has 0 saturated carbocycles. The minimum Gasteiger partial charge on any atom is -0.342 e. The van der Waals surface area contributed by atoms with Crippen LogP contribution in [-0.4, -0.2) is 12.1 Å². The van der Waals surface area contributed by atoms with E-state index < -0.39 is 18.1 Å². The van der Waals surface area contributed by atoms with Gasteiger partial charge >= 0.3 is 12.1 Å². The predicted molar refractivity (Wildman–Crippen MR) is 56.8 cm³/mol. The van der Waals surface area contributed by atoms with Crippen LogP contribution in [0.5, 0.6) is 0 Å². The Morgan fingerprint density at radius 3 is 2.25 bits per heavy atom. The second-order valence-electron chi connectivity index (χ2n) is 3.24. The van der Waals surface area contributed by atoms with Gasteiger partial charge in [-0.15, -0.1) is 0 Å². The van der Waals surface area contributed by atoms with Crippen LogP contribution in [0.4, 0.5) is 13.2 Å². The highest BCUT2D eigenvalue weighted by molar-refractivity contribution is 9.10. The molecule has 0 heterocycles. The molecule has 1 rings (SSSR count). The summed E-state index contributed by atoms with van der Waals surface area (Å²) in [5.74, 6) is -1.93. The Balaban J connectivity index is 2.69. The molecule has 1 aromatic carbocycles. The number of benzene rings is 1. The van der Waals surface area contributed by atoms with Crippen LogP contribution in [-0.2, 0) is 4.79 Å². The number of alkyl halides is 3. The van der Waals surface area contributed by atoms with E-state index in [2.05, 4.69) is 15.9 Å². The summed E-state index contributed by atoms with van der Waals surface area (Å²) in [6.45, 7) is 1.49. The molecule has 0 aliphatic rings. The molecule has 1 unspecified atom stereocenters. The van der Waals surface area contributed by atoms with Gasteiger partial charge in [0.25, 0.3) is 0 Å². The maximum atomic E-state index is 12.0. The third kappa shape index (κ3) is 3.52. The molecule has 0 bridgehead atoms. The molecule has 2 nitrogen and oxygen atoms in total. The van der Waals surface area contributed by atoms with Crippen LogP contribution in [0, 0.1) is 0 Å². The maximum Gasteiger partial charge on any atom is 0.471 e. The van der Waals surface area contributed by atoms with Crippen LogP contribution in [0.3, 0.4) is 0 Å². The average molecular weight is 296 g/mol. The third-order valence-corrected chi connectivity index (χ3v) is 2.50. The first-order valence-corrected chi connectivity index (χ1v) is 5.23. The number of carbonyl (C=O) groups is 1. The van der Waals surface area contributed by atoms with Crippen molar-refractivity contribution in [3.63, 3.8) is 0 Å². The van der Waals surface area contributed by atoms with Crippen molar-refractivity contribution in [1.82, 2.24) is 5.32 Å². The smallest absolute Gasteiger partial charge is 0.342 e. The molecule has 1 amide bonds. The number of carbonyl (C=O) groups excluding carboxylic acids is 1. The summed E-state index contributed by atoms with van der Waals surface area (Å²) in [5, 5.41) is 1.88. The second-order valence-corrected chi connectivity index (χ2v) is 4.16. The van der Waals surface area contributed by atoms with Gasteiger partial charge in [0.15, 0.2) is 0 Å². The van der Waals surface area contributed by atoms with Gasteiger partial charge in [-0.2, -0.15) is 13.2 Å². The second kappa shape index (κ2) is 4.86. The molecule has 0 radical (unpaired) electrons. The molecule has 1 aromatic rings. The maximum absolute atomic E-state index is 12.0. The first-order chi connectivity index (χ1) is 7.30. The highest BCUT2D eigenvalue weighted by atomic mass is 79.9. The average Bonchev–Trinajstić information content (AvgIpc) is 2.17. The van der Waals surface area contributed by atoms with Gasteiger partial charge in [-0.25, -0.2) is 0 Å². The van der Waals surface area contributed by atoms with Crippen LogP contribution in [0.25, 0.3) is 0 Å². The lowest BCUT2D eigenvalue weighted by molar-refractivity contribution is -0.174. The number of halogens is 4. The predicted octanol–water partition coefficient (Wildman–Crippen LogP) is 3.19. The van der Waals surface area contributed by atoms with Gasteiger partial charge in [-0.1, -0.05) is 28.1 Å². The van der Waals surface area contributed by atoms with E-state index in [0.29, 0.717) is 5.56 Å². The molecule has 1 N–H and O–H groups in total. The van der Waals surface area contributed by atoms with E-state index in [1.165, 1.54) is 6.92 Å². The van der Waals surface area contributed by atoms with Crippen molar-refractivity contribution in [3.05, 3.63) is 34.3 Å². The number of hydrogen-bond acceptors (Lipinski definition) is 1. The molecule has 0 aromatic heterocycles. The Morgan fingerprint density at radius 1 is 1.31 bits per heavy atom. The fourth-order valence-electron chi connectivity index (χ4n) is 1.11. The first kappa shape index (κ1) is 13.0. The molecule has 6 heteroatoms. The lowest BCUT2D eigenvalue weighted by Gasteiger charge is -2.15. The molecular weight excluding hydrogens is 287 g/mol. The standard InChI is InChI=1S/C10H9BrF3NO/c1-6(15-9(16)10(12,13)14)7-2-4-8(11)5-3-7/h2-6H,1H3,(H,15,16). The van der Waals surface area contributed by atoms with E-state index in [0.717, 1.165) is 4.47 Å². The van der Waals surface area contributed by atoms with Crippen molar-refractivity contribution < 1.29 is 18.0 Å². The van der Waals surface area contributed by atoms with Crippen molar-refractivity contribution in [3.8, 4) is 0 Å². The summed E-state index contributed by atoms with van der Waals surface area (Å²) >= 11 is 3.21. The Bertz CT molecular complexity index is 375. The van der Waals surface area contributed by atoms with Crippen molar-refractivity contribution in [2.45, 2.75) is 19.1 Å². The van der Waals surface area contributed by atoms with Crippen molar-refractivity contribution in [2.75, 3.05) is 0 Å². The molecule has 0 aliphatic heterocycles. The zero-order valence-corrected chi connectivity index (χ0v) is 9.89. The highest BCUT2D eigenvalue weighted by Gasteiger charge is 2.39. The van der Waals surface area contributed by atoms with Gasteiger partial charge in [0.2, 0.25) is 0 Å². The number of amides is 1. The van der Waals surface area contributed by atoms with Crippen molar-refractivity contribution in [2.24, 2.45) is 0 Å². The summed E-state index contributed by atoms with van der Waals surface area (Å²) < 4.78 is 36.7. The minimum atomic E-state index is -4.84. The fourth-order valence-corrected chi connectivity index (χ4v) is 1.38. The molecule has 1 atom stereocenters. The van der Waals surface area contributed by atoms with Gasteiger partial charge in [-0.3, -0.25) is 4.79 Å². The molecule has 0 saturated heterocycles. The topological polar surface area (TPSA) is 29.1 Å². The van der Waals surface area contributed by atoms with Gasteiger partial charge in [0.05, 0.1) is 6.04 Å². The van der Waals surface area contributed by atoms with E-state index >= 15 is 0 Å². The molecule has 0 aliphatic carbocycles. The van der Waals surface area contributed by atoms with Crippen molar-refractivity contribution >= 4 is 21.8 Å². The van der Waals surface area contributed by atoms with Crippen LogP contribution >= 0.6 is 15.9 Å². The van der Waals surface area contributed by atoms with E-state index in [-0.39, 0.29) is 0 Å². The lowest BCUT2D eigenvalue weighted by Crippen LogP contribution is -2.38. The molecular formula is C10H9BrF3NO. The van der Waals surface area contributed by atoms with Crippen LogP contribution in [0.1, 0.15) is 18.5 Å². The van der Waals surface area contributed by atoms with Gasteiger partial charge < -0.3 is 5.32 Å². The van der Waals surface area contributed by atoms with E-state index in [9.17, 15) is 18.0 Å². The highest BCUT2D eigenvalue weighted by Crippen LogP contribution is 2.19. The van der Waals surface area contributed by atoms with E-state index in [1.807, 2.05) is 5.32 Å². The van der Waals surface area contributed by atoms with E-state index in [1.54, 1.807) is 24.3 Å². The van der Waals surface area contributed by atoms with E-state index in [4.69, 9.17) is 0 Å². The zero-order chi connectivity index (χ0) is 12.3. The fraction of sp³-hybridized carbons (Fsp3) is 0.300. The van der Waals surface area contributed by atoms with Crippen LogP contribution < -0.4 is 5.32 Å². The Morgan fingerprint density at radius 2 is 1.81 bits per heavy atom. The van der Waals surface area contributed by atoms with Crippen LogP contribution in [0.15, 0.2) is 28.7 Å². The van der Waals surface area contributed by atoms with Gasteiger partial charge in [-0.05, 0) is 24.6 Å². The SMILES string of the molecule is CC(NC(=O)C(F)(F)F)c1ccc(Br)cc1. The number of nitrogens with one attached hydrogen (secondary N) is 1. The normalized spacial score (nSPS) is 13.3. The van der Waals surface area contributed by atoms with Gasteiger partial charge in [0, 0.05) is 4.47 Å². The Kier molecular flexibility index (Phi) is 3.96. The monoisotopic (exact) mass is 295 g/mol. The largest absolute Gasteiger partial charge is 0.471 e. The molecule has 88 valence electrons. The Hall–Kier alpha value is -1.04. The molecule has 16 heavy (non-hydrogen) atoms. The Labute approximate surface area is 99.0 Å². The van der Waals surface area contributed by atoms with Gasteiger partial charge in [0.1, 0.15) is 0 Å². The molecule has 0 fully saturated rings. The lowest BCUT2D eigenvalue weighted by atomic mass is 10.1. The minimum absolute atomic E-state index is 0.612. The summed E-state index contributed by atoms with van der Waals surface area (Å²) in [6, 6.07) is 6.01. The summed E-state index contributed by atoms with van der Waals surface area (Å²) in [7, 11) is 0. The van der Waals surface area contributed by atoms with Crippen molar-refractivity contribution in [1.29, 1.82) is 0 Å².